The molecule has 0 saturated carbocycles. The summed E-state index contributed by atoms with van der Waals surface area (Å²) >= 11 is 0. The zero-order valence-corrected chi connectivity index (χ0v) is 16.7. The average Bonchev–Trinajstić information content (AvgIpc) is 2.72. The molecule has 2 aromatic rings. The Bertz CT molecular complexity index is 868. The zero-order chi connectivity index (χ0) is 20.8. The SMILES string of the molecule is CN=C(NCc1ccc(O)c(F)c1)N1CCN(Cc2ccc(OC)c(F)c2)CC1. The van der Waals surface area contributed by atoms with Gasteiger partial charge in [0.2, 0.25) is 0 Å². The molecule has 29 heavy (non-hydrogen) atoms. The van der Waals surface area contributed by atoms with Crippen LogP contribution in [0.1, 0.15) is 11.1 Å². The van der Waals surface area contributed by atoms with Gasteiger partial charge in [-0.1, -0.05) is 12.1 Å². The molecule has 0 aliphatic carbocycles. The van der Waals surface area contributed by atoms with Crippen LogP contribution in [-0.2, 0) is 13.1 Å². The number of aromatic hydroxyl groups is 1. The predicted octanol–water partition coefficient (Wildman–Crippen LogP) is 2.57. The predicted molar refractivity (Wildman–Crippen MR) is 108 cm³/mol. The minimum Gasteiger partial charge on any atom is -0.505 e. The lowest BCUT2D eigenvalue weighted by Crippen LogP contribution is -2.52. The fourth-order valence-electron chi connectivity index (χ4n) is 3.36. The molecule has 0 bridgehead atoms. The van der Waals surface area contributed by atoms with Crippen LogP contribution >= 0.6 is 0 Å². The molecule has 156 valence electrons. The molecule has 1 heterocycles. The summed E-state index contributed by atoms with van der Waals surface area (Å²) in [5.41, 5.74) is 1.63. The number of benzene rings is 2. The van der Waals surface area contributed by atoms with Crippen molar-refractivity contribution in [2.24, 2.45) is 4.99 Å². The van der Waals surface area contributed by atoms with E-state index in [4.69, 9.17) is 4.74 Å². The van der Waals surface area contributed by atoms with Crippen molar-refractivity contribution in [3.05, 3.63) is 59.2 Å². The number of methoxy groups -OCH3 is 1. The van der Waals surface area contributed by atoms with Gasteiger partial charge >= 0.3 is 0 Å². The molecule has 1 fully saturated rings. The van der Waals surface area contributed by atoms with Crippen LogP contribution in [0.3, 0.4) is 0 Å². The maximum absolute atomic E-state index is 13.9. The van der Waals surface area contributed by atoms with Gasteiger partial charge in [-0.05, 0) is 35.4 Å². The number of phenols is 1. The number of rotatable bonds is 5. The van der Waals surface area contributed by atoms with Crippen LogP contribution in [-0.4, -0.2) is 61.2 Å². The van der Waals surface area contributed by atoms with Gasteiger partial charge in [0.25, 0.3) is 0 Å². The monoisotopic (exact) mass is 404 g/mol. The summed E-state index contributed by atoms with van der Waals surface area (Å²) in [4.78, 5) is 8.72. The minimum absolute atomic E-state index is 0.252. The maximum atomic E-state index is 13.9. The van der Waals surface area contributed by atoms with Crippen LogP contribution in [0.2, 0.25) is 0 Å². The van der Waals surface area contributed by atoms with E-state index in [-0.39, 0.29) is 17.3 Å². The third kappa shape index (κ3) is 5.35. The van der Waals surface area contributed by atoms with Crippen molar-refractivity contribution < 1.29 is 18.6 Å². The minimum atomic E-state index is -0.636. The topological polar surface area (TPSA) is 60.3 Å². The molecule has 0 radical (unpaired) electrons. The average molecular weight is 404 g/mol. The number of aliphatic imine (C=N–C) groups is 1. The van der Waals surface area contributed by atoms with Crippen LogP contribution in [0.25, 0.3) is 0 Å². The Kier molecular flexibility index (Phi) is 6.87. The molecule has 0 atom stereocenters. The highest BCUT2D eigenvalue weighted by molar-refractivity contribution is 5.80. The van der Waals surface area contributed by atoms with Crippen molar-refractivity contribution in [1.29, 1.82) is 0 Å². The Balaban J connectivity index is 1.50. The van der Waals surface area contributed by atoms with E-state index in [2.05, 4.69) is 20.1 Å². The van der Waals surface area contributed by atoms with Crippen molar-refractivity contribution in [2.45, 2.75) is 13.1 Å². The summed E-state index contributed by atoms with van der Waals surface area (Å²) in [6.45, 7) is 4.29. The van der Waals surface area contributed by atoms with Crippen LogP contribution in [0.15, 0.2) is 41.4 Å². The lowest BCUT2D eigenvalue weighted by Gasteiger charge is -2.36. The Morgan fingerprint density at radius 2 is 1.76 bits per heavy atom. The number of hydrogen-bond donors (Lipinski definition) is 2. The summed E-state index contributed by atoms with van der Waals surface area (Å²) in [5.74, 6) is -0.344. The van der Waals surface area contributed by atoms with Crippen molar-refractivity contribution in [2.75, 3.05) is 40.3 Å². The highest BCUT2D eigenvalue weighted by Gasteiger charge is 2.20. The second-order valence-corrected chi connectivity index (χ2v) is 6.92. The highest BCUT2D eigenvalue weighted by Crippen LogP contribution is 2.19. The van der Waals surface area contributed by atoms with Gasteiger partial charge in [0, 0.05) is 46.3 Å². The molecule has 0 spiro atoms. The molecular formula is C21H26F2N4O2. The molecule has 0 unspecified atom stereocenters. The van der Waals surface area contributed by atoms with E-state index < -0.39 is 5.82 Å². The molecule has 1 saturated heterocycles. The Morgan fingerprint density at radius 3 is 2.38 bits per heavy atom. The summed E-state index contributed by atoms with van der Waals surface area (Å²) in [5, 5.41) is 12.5. The summed E-state index contributed by atoms with van der Waals surface area (Å²) < 4.78 is 32.3. The molecule has 8 heteroatoms. The van der Waals surface area contributed by atoms with Crippen molar-refractivity contribution in [3.8, 4) is 11.5 Å². The van der Waals surface area contributed by atoms with Crippen LogP contribution in [0, 0.1) is 11.6 Å². The summed E-state index contributed by atoms with van der Waals surface area (Å²) in [7, 11) is 3.17. The quantitative estimate of drug-likeness (QED) is 0.593. The van der Waals surface area contributed by atoms with Gasteiger partial charge in [0.05, 0.1) is 7.11 Å². The molecule has 3 rings (SSSR count). The number of ether oxygens (including phenoxy) is 1. The van der Waals surface area contributed by atoms with Gasteiger partial charge in [0.15, 0.2) is 29.1 Å². The van der Waals surface area contributed by atoms with Crippen molar-refractivity contribution in [1.82, 2.24) is 15.1 Å². The Morgan fingerprint density at radius 1 is 1.07 bits per heavy atom. The largest absolute Gasteiger partial charge is 0.505 e. The van der Waals surface area contributed by atoms with Crippen LogP contribution in [0.5, 0.6) is 11.5 Å². The van der Waals surface area contributed by atoms with E-state index >= 15 is 0 Å². The first kappa shape index (κ1) is 20.9. The molecule has 2 N–H and O–H groups in total. The van der Waals surface area contributed by atoms with E-state index in [1.165, 1.54) is 25.3 Å². The van der Waals surface area contributed by atoms with E-state index in [9.17, 15) is 13.9 Å². The number of piperazine rings is 1. The molecule has 0 aromatic heterocycles. The molecule has 0 amide bonds. The second kappa shape index (κ2) is 9.56. The normalized spacial score (nSPS) is 15.4. The molecule has 6 nitrogen and oxygen atoms in total. The number of halogens is 2. The zero-order valence-electron chi connectivity index (χ0n) is 16.7. The van der Waals surface area contributed by atoms with Gasteiger partial charge in [-0.2, -0.15) is 0 Å². The van der Waals surface area contributed by atoms with Gasteiger partial charge < -0.3 is 20.1 Å². The van der Waals surface area contributed by atoms with Crippen LogP contribution in [0.4, 0.5) is 8.78 Å². The van der Waals surface area contributed by atoms with Gasteiger partial charge in [-0.3, -0.25) is 9.89 Å². The first-order valence-electron chi connectivity index (χ1n) is 9.48. The van der Waals surface area contributed by atoms with E-state index in [0.29, 0.717) is 13.1 Å². The Labute approximate surface area is 169 Å². The lowest BCUT2D eigenvalue weighted by molar-refractivity contribution is 0.172. The molecule has 1 aliphatic rings. The molecule has 1 aliphatic heterocycles. The first-order chi connectivity index (χ1) is 14.0. The first-order valence-corrected chi connectivity index (χ1v) is 9.48. The second-order valence-electron chi connectivity index (χ2n) is 6.92. The summed E-state index contributed by atoms with van der Waals surface area (Å²) in [6, 6.07) is 9.37. The maximum Gasteiger partial charge on any atom is 0.194 e. The number of hydrogen-bond acceptors (Lipinski definition) is 4. The molecule has 2 aromatic carbocycles. The van der Waals surface area contributed by atoms with Crippen molar-refractivity contribution in [3.63, 3.8) is 0 Å². The summed E-state index contributed by atoms with van der Waals surface area (Å²) in [6.07, 6.45) is 0. The van der Waals surface area contributed by atoms with E-state index in [0.717, 1.165) is 43.3 Å². The fraction of sp³-hybridized carbons (Fsp3) is 0.381. The fourth-order valence-corrected chi connectivity index (χ4v) is 3.36. The lowest BCUT2D eigenvalue weighted by atomic mass is 10.2. The van der Waals surface area contributed by atoms with E-state index in [1.54, 1.807) is 19.2 Å². The van der Waals surface area contributed by atoms with Gasteiger partial charge in [0.1, 0.15) is 0 Å². The molecular weight excluding hydrogens is 378 g/mol. The highest BCUT2D eigenvalue weighted by atomic mass is 19.1. The smallest absolute Gasteiger partial charge is 0.194 e. The standard InChI is InChI=1S/C21H26F2N4O2/c1-24-21(25-13-15-3-5-19(28)17(22)11-15)27-9-7-26(8-10-27)14-16-4-6-20(29-2)18(23)12-16/h3-6,11-12,28H,7-10,13-14H2,1-2H3,(H,24,25). The Hall–Kier alpha value is -2.87. The van der Waals surface area contributed by atoms with Gasteiger partial charge in [-0.25, -0.2) is 8.78 Å². The number of guanidine groups is 1. The van der Waals surface area contributed by atoms with E-state index in [1.807, 2.05) is 6.07 Å². The number of phenolic OH excluding ortho intramolecular Hbond substituents is 1. The van der Waals surface area contributed by atoms with Gasteiger partial charge in [-0.15, -0.1) is 0 Å². The number of nitrogens with one attached hydrogen (secondary N) is 1. The third-order valence-electron chi connectivity index (χ3n) is 4.97. The third-order valence-corrected chi connectivity index (χ3v) is 4.97. The number of nitrogens with zero attached hydrogens (tertiary/aromatic N) is 3. The van der Waals surface area contributed by atoms with Crippen LogP contribution < -0.4 is 10.1 Å². The van der Waals surface area contributed by atoms with Crippen molar-refractivity contribution >= 4 is 5.96 Å².